The van der Waals surface area contributed by atoms with E-state index in [2.05, 4.69) is 27.8 Å². The van der Waals surface area contributed by atoms with Gasteiger partial charge in [-0.1, -0.05) is 12.0 Å². The Hall–Kier alpha value is -2.08. The van der Waals surface area contributed by atoms with Crippen molar-refractivity contribution in [2.24, 2.45) is 0 Å². The van der Waals surface area contributed by atoms with Gasteiger partial charge in [-0.25, -0.2) is 0 Å². The average molecular weight is 290 g/mol. The molecule has 0 radical (unpaired) electrons. The molecule has 1 atom stereocenters. The summed E-state index contributed by atoms with van der Waals surface area (Å²) < 4.78 is 11.0. The van der Waals surface area contributed by atoms with Gasteiger partial charge in [0.25, 0.3) is 0 Å². The lowest BCUT2D eigenvalue weighted by atomic mass is 10.3. The molecule has 0 amide bonds. The lowest BCUT2D eigenvalue weighted by Crippen LogP contribution is -2.19. The van der Waals surface area contributed by atoms with E-state index in [9.17, 15) is 0 Å². The molecule has 0 saturated heterocycles. The standard InChI is InChI=1S/C15H22N4O2/c1-4-10-16-11(3)14-18-19-15(21-14)17-12-6-8-13(9-7-12)20-5-2/h6-9,11,16H,4-5,10H2,1-3H3,(H,17,19). The summed E-state index contributed by atoms with van der Waals surface area (Å²) in [7, 11) is 0. The van der Waals surface area contributed by atoms with E-state index in [0.717, 1.165) is 24.4 Å². The van der Waals surface area contributed by atoms with Gasteiger partial charge in [-0.05, 0) is 51.1 Å². The highest BCUT2D eigenvalue weighted by Crippen LogP contribution is 2.20. The molecule has 114 valence electrons. The Morgan fingerprint density at radius 3 is 2.62 bits per heavy atom. The second-order valence-corrected chi connectivity index (χ2v) is 4.70. The van der Waals surface area contributed by atoms with Crippen molar-refractivity contribution in [1.29, 1.82) is 0 Å². The van der Waals surface area contributed by atoms with Crippen molar-refractivity contribution in [3.05, 3.63) is 30.2 Å². The van der Waals surface area contributed by atoms with Crippen LogP contribution in [0.4, 0.5) is 11.7 Å². The van der Waals surface area contributed by atoms with Gasteiger partial charge in [-0.3, -0.25) is 0 Å². The van der Waals surface area contributed by atoms with Gasteiger partial charge in [0.05, 0.1) is 12.6 Å². The third-order valence-corrected chi connectivity index (χ3v) is 2.93. The van der Waals surface area contributed by atoms with E-state index in [1.807, 2.05) is 38.1 Å². The Kier molecular flexibility index (Phi) is 5.57. The van der Waals surface area contributed by atoms with Crippen molar-refractivity contribution in [2.45, 2.75) is 33.2 Å². The Morgan fingerprint density at radius 1 is 1.19 bits per heavy atom. The number of benzene rings is 1. The molecule has 1 heterocycles. The molecule has 0 spiro atoms. The summed E-state index contributed by atoms with van der Waals surface area (Å²) >= 11 is 0. The van der Waals surface area contributed by atoms with Crippen molar-refractivity contribution in [2.75, 3.05) is 18.5 Å². The molecule has 21 heavy (non-hydrogen) atoms. The first-order valence-electron chi connectivity index (χ1n) is 7.29. The fraction of sp³-hybridized carbons (Fsp3) is 0.467. The van der Waals surface area contributed by atoms with Gasteiger partial charge >= 0.3 is 6.01 Å². The van der Waals surface area contributed by atoms with Crippen LogP contribution in [0.2, 0.25) is 0 Å². The molecule has 1 aromatic carbocycles. The molecule has 2 rings (SSSR count). The van der Waals surface area contributed by atoms with Crippen LogP contribution in [0.25, 0.3) is 0 Å². The van der Waals surface area contributed by atoms with Gasteiger partial charge in [0.2, 0.25) is 5.89 Å². The molecule has 6 heteroatoms. The van der Waals surface area contributed by atoms with E-state index < -0.39 is 0 Å². The van der Waals surface area contributed by atoms with Crippen LogP contribution in [0.1, 0.15) is 39.1 Å². The Labute approximate surface area is 124 Å². The van der Waals surface area contributed by atoms with E-state index in [0.29, 0.717) is 18.5 Å². The molecule has 2 N–H and O–H groups in total. The minimum atomic E-state index is 0.0494. The number of hydrogen-bond acceptors (Lipinski definition) is 6. The maximum Gasteiger partial charge on any atom is 0.320 e. The number of nitrogens with zero attached hydrogens (tertiary/aromatic N) is 2. The van der Waals surface area contributed by atoms with Gasteiger partial charge in [0.1, 0.15) is 5.75 Å². The summed E-state index contributed by atoms with van der Waals surface area (Å²) in [5.41, 5.74) is 0.878. The fourth-order valence-corrected chi connectivity index (χ4v) is 1.83. The highest BCUT2D eigenvalue weighted by Gasteiger charge is 2.13. The average Bonchev–Trinajstić information content (AvgIpc) is 2.96. The predicted molar refractivity (Wildman–Crippen MR) is 81.9 cm³/mol. The molecule has 0 saturated carbocycles. The van der Waals surface area contributed by atoms with Crippen LogP contribution in [-0.4, -0.2) is 23.3 Å². The minimum Gasteiger partial charge on any atom is -0.494 e. The van der Waals surface area contributed by atoms with E-state index in [4.69, 9.17) is 9.15 Å². The lowest BCUT2D eigenvalue weighted by molar-refractivity contribution is 0.340. The molecule has 0 aliphatic rings. The van der Waals surface area contributed by atoms with Crippen LogP contribution in [0.5, 0.6) is 5.75 Å². The van der Waals surface area contributed by atoms with Gasteiger partial charge in [-0.2, -0.15) is 0 Å². The zero-order valence-corrected chi connectivity index (χ0v) is 12.7. The Balaban J connectivity index is 1.95. The van der Waals surface area contributed by atoms with E-state index >= 15 is 0 Å². The van der Waals surface area contributed by atoms with Crippen molar-refractivity contribution in [3.63, 3.8) is 0 Å². The Bertz CT molecular complexity index is 539. The van der Waals surface area contributed by atoms with Gasteiger partial charge in [0, 0.05) is 5.69 Å². The first-order chi connectivity index (χ1) is 10.2. The zero-order chi connectivity index (χ0) is 15.1. The van der Waals surface area contributed by atoms with Crippen LogP contribution < -0.4 is 15.4 Å². The number of hydrogen-bond donors (Lipinski definition) is 2. The molecule has 2 aromatic rings. The summed E-state index contributed by atoms with van der Waals surface area (Å²) in [6.45, 7) is 7.66. The van der Waals surface area contributed by atoms with Crippen molar-refractivity contribution >= 4 is 11.7 Å². The van der Waals surface area contributed by atoms with Crippen LogP contribution in [0.3, 0.4) is 0 Å². The quantitative estimate of drug-likeness (QED) is 0.777. The molecule has 0 aliphatic heterocycles. The minimum absolute atomic E-state index is 0.0494. The molecule has 6 nitrogen and oxygen atoms in total. The second kappa shape index (κ2) is 7.64. The number of anilines is 2. The molecule has 0 bridgehead atoms. The van der Waals surface area contributed by atoms with Crippen LogP contribution in [-0.2, 0) is 0 Å². The number of rotatable bonds is 8. The predicted octanol–water partition coefficient (Wildman–Crippen LogP) is 3.27. The van der Waals surface area contributed by atoms with E-state index in [1.54, 1.807) is 0 Å². The third kappa shape index (κ3) is 4.46. The van der Waals surface area contributed by atoms with Crippen molar-refractivity contribution in [1.82, 2.24) is 15.5 Å². The lowest BCUT2D eigenvalue weighted by Gasteiger charge is -2.07. The van der Waals surface area contributed by atoms with Crippen molar-refractivity contribution < 1.29 is 9.15 Å². The molecule has 1 aromatic heterocycles. The van der Waals surface area contributed by atoms with Crippen LogP contribution >= 0.6 is 0 Å². The SMILES string of the molecule is CCCNC(C)c1nnc(Nc2ccc(OCC)cc2)o1. The maximum absolute atomic E-state index is 5.60. The number of aromatic nitrogens is 2. The fourth-order valence-electron chi connectivity index (χ4n) is 1.83. The normalized spacial score (nSPS) is 12.1. The molecule has 1 unspecified atom stereocenters. The summed E-state index contributed by atoms with van der Waals surface area (Å²) in [6, 6.07) is 8.05. The van der Waals surface area contributed by atoms with Gasteiger partial charge in [-0.15, -0.1) is 5.10 Å². The summed E-state index contributed by atoms with van der Waals surface area (Å²) in [5, 5.41) is 14.4. The van der Waals surface area contributed by atoms with Gasteiger partial charge < -0.3 is 19.8 Å². The second-order valence-electron chi connectivity index (χ2n) is 4.70. The monoisotopic (exact) mass is 290 g/mol. The number of ether oxygens (including phenoxy) is 1. The summed E-state index contributed by atoms with van der Waals surface area (Å²) in [6.07, 6.45) is 1.07. The first kappa shape index (κ1) is 15.3. The largest absolute Gasteiger partial charge is 0.494 e. The molecule has 0 aliphatic carbocycles. The van der Waals surface area contributed by atoms with E-state index in [-0.39, 0.29) is 6.04 Å². The van der Waals surface area contributed by atoms with Crippen LogP contribution in [0.15, 0.2) is 28.7 Å². The highest BCUT2D eigenvalue weighted by molar-refractivity contribution is 5.53. The highest BCUT2D eigenvalue weighted by atomic mass is 16.5. The van der Waals surface area contributed by atoms with Crippen molar-refractivity contribution in [3.8, 4) is 5.75 Å². The summed E-state index contributed by atoms with van der Waals surface area (Å²) in [4.78, 5) is 0. The van der Waals surface area contributed by atoms with Gasteiger partial charge in [0.15, 0.2) is 0 Å². The zero-order valence-electron chi connectivity index (χ0n) is 12.7. The molecular formula is C15H22N4O2. The third-order valence-electron chi connectivity index (χ3n) is 2.93. The Morgan fingerprint density at radius 2 is 1.95 bits per heavy atom. The molecule has 0 fully saturated rings. The summed E-state index contributed by atoms with van der Waals surface area (Å²) in [5.74, 6) is 1.42. The number of nitrogens with one attached hydrogen (secondary N) is 2. The topological polar surface area (TPSA) is 72.2 Å². The maximum atomic E-state index is 5.60. The molecular weight excluding hydrogens is 268 g/mol. The first-order valence-corrected chi connectivity index (χ1v) is 7.29. The van der Waals surface area contributed by atoms with Crippen LogP contribution in [0, 0.1) is 0 Å². The smallest absolute Gasteiger partial charge is 0.320 e. The van der Waals surface area contributed by atoms with E-state index in [1.165, 1.54) is 0 Å².